The second-order valence-electron chi connectivity index (χ2n) is 8.38. The number of halogens is 1. The van der Waals surface area contributed by atoms with Crippen molar-refractivity contribution in [3.63, 3.8) is 0 Å². The molecule has 0 aromatic carbocycles. The van der Waals surface area contributed by atoms with Crippen molar-refractivity contribution in [2.45, 2.75) is 58.9 Å². The molecule has 154 valence electrons. The maximum absolute atomic E-state index is 4.46. The van der Waals surface area contributed by atoms with Gasteiger partial charge in [0.25, 0.3) is 0 Å². The summed E-state index contributed by atoms with van der Waals surface area (Å²) >= 11 is 0. The minimum absolute atomic E-state index is 0. The summed E-state index contributed by atoms with van der Waals surface area (Å²) in [6, 6.07) is 0.572. The van der Waals surface area contributed by atoms with E-state index in [-0.39, 0.29) is 24.0 Å². The van der Waals surface area contributed by atoms with Gasteiger partial charge in [0.1, 0.15) is 0 Å². The molecule has 0 saturated carbocycles. The summed E-state index contributed by atoms with van der Waals surface area (Å²) in [7, 11) is 1.90. The normalized spacial score (nSPS) is 23.7. The van der Waals surface area contributed by atoms with E-state index < -0.39 is 0 Å². The Kier molecular flexibility index (Phi) is 12.1. The third-order valence-electron chi connectivity index (χ3n) is 5.48. The molecule has 0 amide bonds. The standard InChI is InChI=1S/C20H41N5.HI/c1-5-10-24-12-8-19(9-13-24)23-20(21-4)22-14-18-7-6-11-25(16-18)15-17(2)3;/h17-19H,5-16H2,1-4H3,(H2,21,22,23);1H. The highest BCUT2D eigenvalue weighted by molar-refractivity contribution is 14.0. The fourth-order valence-corrected chi connectivity index (χ4v) is 4.25. The molecule has 26 heavy (non-hydrogen) atoms. The summed E-state index contributed by atoms with van der Waals surface area (Å²) in [5, 5.41) is 7.25. The van der Waals surface area contributed by atoms with Gasteiger partial charge in [0.2, 0.25) is 0 Å². The zero-order valence-electron chi connectivity index (χ0n) is 17.5. The maximum Gasteiger partial charge on any atom is 0.191 e. The first-order valence-corrected chi connectivity index (χ1v) is 10.5. The summed E-state index contributed by atoms with van der Waals surface area (Å²) in [5.74, 6) is 2.51. The number of nitrogens with zero attached hydrogens (tertiary/aromatic N) is 3. The molecular formula is C20H42IN5. The molecule has 2 fully saturated rings. The van der Waals surface area contributed by atoms with Gasteiger partial charge in [-0.2, -0.15) is 0 Å². The smallest absolute Gasteiger partial charge is 0.191 e. The molecule has 2 rings (SSSR count). The SMILES string of the molecule is CCCN1CCC(NC(=NC)NCC2CCCN(CC(C)C)C2)CC1.I. The van der Waals surface area contributed by atoms with E-state index >= 15 is 0 Å². The number of likely N-dealkylation sites (tertiary alicyclic amines) is 2. The topological polar surface area (TPSA) is 42.9 Å². The summed E-state index contributed by atoms with van der Waals surface area (Å²) in [5.41, 5.74) is 0. The van der Waals surface area contributed by atoms with Crippen LogP contribution >= 0.6 is 24.0 Å². The van der Waals surface area contributed by atoms with E-state index in [9.17, 15) is 0 Å². The fraction of sp³-hybridized carbons (Fsp3) is 0.950. The van der Waals surface area contributed by atoms with Crippen molar-refractivity contribution in [2.24, 2.45) is 16.8 Å². The van der Waals surface area contributed by atoms with E-state index in [0.717, 1.165) is 24.3 Å². The van der Waals surface area contributed by atoms with Crippen molar-refractivity contribution >= 4 is 29.9 Å². The number of aliphatic imine (C=N–C) groups is 1. The summed E-state index contributed by atoms with van der Waals surface area (Å²) < 4.78 is 0. The molecule has 5 nitrogen and oxygen atoms in total. The Morgan fingerprint density at radius 1 is 1.12 bits per heavy atom. The molecule has 0 radical (unpaired) electrons. The Balaban J connectivity index is 0.00000338. The average Bonchev–Trinajstić information content (AvgIpc) is 2.60. The summed E-state index contributed by atoms with van der Waals surface area (Å²) in [6.07, 6.45) is 6.39. The number of hydrogen-bond acceptors (Lipinski definition) is 3. The first-order chi connectivity index (χ1) is 12.1. The first-order valence-electron chi connectivity index (χ1n) is 10.5. The lowest BCUT2D eigenvalue weighted by Gasteiger charge is -2.35. The molecule has 1 unspecified atom stereocenters. The van der Waals surface area contributed by atoms with Gasteiger partial charge in [0.05, 0.1) is 0 Å². The molecule has 2 saturated heterocycles. The lowest BCUT2D eigenvalue weighted by Crippen LogP contribution is -2.50. The summed E-state index contributed by atoms with van der Waals surface area (Å²) in [4.78, 5) is 9.68. The van der Waals surface area contributed by atoms with E-state index in [4.69, 9.17) is 0 Å². The molecule has 0 aliphatic carbocycles. The van der Waals surface area contributed by atoms with E-state index in [1.165, 1.54) is 71.4 Å². The van der Waals surface area contributed by atoms with Gasteiger partial charge in [0, 0.05) is 45.8 Å². The Bertz CT molecular complexity index is 394. The Hall–Kier alpha value is -0.0800. The highest BCUT2D eigenvalue weighted by Gasteiger charge is 2.22. The number of piperidine rings is 2. The van der Waals surface area contributed by atoms with Crippen LogP contribution in [0.2, 0.25) is 0 Å². The number of nitrogens with one attached hydrogen (secondary N) is 2. The van der Waals surface area contributed by atoms with Gasteiger partial charge in [-0.25, -0.2) is 0 Å². The van der Waals surface area contributed by atoms with E-state index in [0.29, 0.717) is 6.04 Å². The molecule has 0 aromatic rings. The zero-order valence-corrected chi connectivity index (χ0v) is 19.8. The van der Waals surface area contributed by atoms with Crippen molar-refractivity contribution in [1.82, 2.24) is 20.4 Å². The fourth-order valence-electron chi connectivity index (χ4n) is 4.25. The second-order valence-corrected chi connectivity index (χ2v) is 8.38. The van der Waals surface area contributed by atoms with Crippen molar-refractivity contribution in [3.05, 3.63) is 0 Å². The quantitative estimate of drug-likeness (QED) is 0.335. The molecule has 0 spiro atoms. The Morgan fingerprint density at radius 3 is 2.46 bits per heavy atom. The van der Waals surface area contributed by atoms with E-state index in [1.54, 1.807) is 0 Å². The second kappa shape index (κ2) is 13.2. The minimum atomic E-state index is 0. The number of guanidine groups is 1. The predicted molar refractivity (Wildman–Crippen MR) is 124 cm³/mol. The van der Waals surface area contributed by atoms with Crippen LogP contribution in [0.3, 0.4) is 0 Å². The van der Waals surface area contributed by atoms with Gasteiger partial charge in [-0.3, -0.25) is 4.99 Å². The van der Waals surface area contributed by atoms with E-state index in [1.807, 2.05) is 7.05 Å². The van der Waals surface area contributed by atoms with Crippen molar-refractivity contribution in [2.75, 3.05) is 52.9 Å². The molecule has 2 heterocycles. The van der Waals surface area contributed by atoms with Crippen LogP contribution < -0.4 is 10.6 Å². The molecule has 1 atom stereocenters. The first kappa shape index (κ1) is 24.0. The van der Waals surface area contributed by atoms with Crippen molar-refractivity contribution in [1.29, 1.82) is 0 Å². The maximum atomic E-state index is 4.46. The van der Waals surface area contributed by atoms with Gasteiger partial charge < -0.3 is 20.4 Å². The number of rotatable bonds is 7. The van der Waals surface area contributed by atoms with Gasteiger partial charge in [0.15, 0.2) is 5.96 Å². The molecule has 2 N–H and O–H groups in total. The zero-order chi connectivity index (χ0) is 18.1. The average molecular weight is 479 g/mol. The van der Waals surface area contributed by atoms with Gasteiger partial charge in [-0.1, -0.05) is 20.8 Å². The number of hydrogen-bond donors (Lipinski definition) is 2. The van der Waals surface area contributed by atoms with Crippen LogP contribution in [0.15, 0.2) is 4.99 Å². The predicted octanol–water partition coefficient (Wildman–Crippen LogP) is 3.01. The molecule has 0 aromatic heterocycles. The minimum Gasteiger partial charge on any atom is -0.356 e. The van der Waals surface area contributed by atoms with E-state index in [2.05, 4.69) is 46.2 Å². The Labute approximate surface area is 178 Å². The van der Waals surface area contributed by atoms with Crippen LogP contribution in [-0.4, -0.2) is 74.7 Å². The van der Waals surface area contributed by atoms with Crippen LogP contribution in [0, 0.1) is 11.8 Å². The molecule has 6 heteroatoms. The van der Waals surface area contributed by atoms with Crippen LogP contribution in [0.4, 0.5) is 0 Å². The molecule has 0 bridgehead atoms. The molecule has 2 aliphatic heterocycles. The Morgan fingerprint density at radius 2 is 1.85 bits per heavy atom. The largest absolute Gasteiger partial charge is 0.356 e. The highest BCUT2D eigenvalue weighted by atomic mass is 127. The van der Waals surface area contributed by atoms with Gasteiger partial charge in [-0.15, -0.1) is 24.0 Å². The van der Waals surface area contributed by atoms with Crippen LogP contribution in [0.25, 0.3) is 0 Å². The third-order valence-corrected chi connectivity index (χ3v) is 5.48. The van der Waals surface area contributed by atoms with Crippen molar-refractivity contribution in [3.8, 4) is 0 Å². The van der Waals surface area contributed by atoms with Crippen LogP contribution in [0.1, 0.15) is 52.9 Å². The van der Waals surface area contributed by atoms with Crippen molar-refractivity contribution < 1.29 is 0 Å². The third kappa shape index (κ3) is 8.74. The van der Waals surface area contributed by atoms with Crippen LogP contribution in [0.5, 0.6) is 0 Å². The molecule has 2 aliphatic rings. The van der Waals surface area contributed by atoms with Gasteiger partial charge in [-0.05, 0) is 57.0 Å². The summed E-state index contributed by atoms with van der Waals surface area (Å²) in [6.45, 7) is 15.4. The highest BCUT2D eigenvalue weighted by Crippen LogP contribution is 2.17. The van der Waals surface area contributed by atoms with Crippen LogP contribution in [-0.2, 0) is 0 Å². The lowest BCUT2D eigenvalue weighted by atomic mass is 9.97. The monoisotopic (exact) mass is 479 g/mol. The molecular weight excluding hydrogens is 437 g/mol. The lowest BCUT2D eigenvalue weighted by molar-refractivity contribution is 0.159. The van der Waals surface area contributed by atoms with Gasteiger partial charge >= 0.3 is 0 Å².